The van der Waals surface area contributed by atoms with Gasteiger partial charge in [0, 0.05) is 13.2 Å². The van der Waals surface area contributed by atoms with Crippen molar-refractivity contribution in [2.24, 2.45) is 7.05 Å². The Balaban J connectivity index is 2.32. The molecule has 2 aromatic heterocycles. The molecule has 0 spiro atoms. The summed E-state index contributed by atoms with van der Waals surface area (Å²) in [4.78, 5) is 20.3. The molecule has 84 valence electrons. The Kier molecular flexibility index (Phi) is 2.95. The summed E-state index contributed by atoms with van der Waals surface area (Å²) in [5.41, 5.74) is 1.70. The minimum atomic E-state index is -0.506. The van der Waals surface area contributed by atoms with E-state index in [1.54, 1.807) is 30.4 Å². The van der Waals surface area contributed by atoms with Crippen LogP contribution in [0, 0.1) is 0 Å². The highest BCUT2D eigenvalue weighted by Crippen LogP contribution is 2.20. The number of ether oxygens (including phenoxy) is 1. The lowest BCUT2D eigenvalue weighted by atomic mass is 10.5. The molecule has 2 heterocycles. The van der Waals surface area contributed by atoms with Crippen LogP contribution in [0.25, 0.3) is 10.7 Å². The molecular weight excluding hydrogens is 228 g/mol. The van der Waals surface area contributed by atoms with Gasteiger partial charge in [0.1, 0.15) is 0 Å². The molecule has 6 nitrogen and oxygen atoms in total. The highest BCUT2D eigenvalue weighted by atomic mass is 32.1. The van der Waals surface area contributed by atoms with E-state index in [4.69, 9.17) is 4.74 Å². The maximum Gasteiger partial charge on any atom is 0.378 e. The van der Waals surface area contributed by atoms with Crippen molar-refractivity contribution in [3.63, 3.8) is 0 Å². The molecule has 0 aromatic carbocycles. The van der Waals surface area contributed by atoms with Crippen LogP contribution in [0.2, 0.25) is 0 Å². The summed E-state index contributed by atoms with van der Waals surface area (Å²) in [7, 11) is 1.73. The first-order chi connectivity index (χ1) is 7.72. The van der Waals surface area contributed by atoms with Gasteiger partial charge in [-0.1, -0.05) is 0 Å². The van der Waals surface area contributed by atoms with Crippen molar-refractivity contribution < 1.29 is 9.53 Å². The van der Waals surface area contributed by atoms with Crippen molar-refractivity contribution in [3.8, 4) is 10.7 Å². The summed E-state index contributed by atoms with van der Waals surface area (Å²) >= 11 is 1.44. The summed E-state index contributed by atoms with van der Waals surface area (Å²) in [5.74, 6) is 0.187. The van der Waals surface area contributed by atoms with Crippen molar-refractivity contribution >= 4 is 17.3 Å². The molecule has 0 bridgehead atoms. The van der Waals surface area contributed by atoms with Crippen molar-refractivity contribution in [2.45, 2.75) is 6.92 Å². The second-order valence-electron chi connectivity index (χ2n) is 2.97. The minimum absolute atomic E-state index is 0.0766. The summed E-state index contributed by atoms with van der Waals surface area (Å²) in [6.07, 6.45) is 1.68. The average molecular weight is 238 g/mol. The Hall–Kier alpha value is -1.76. The first-order valence-corrected chi connectivity index (χ1v) is 5.57. The van der Waals surface area contributed by atoms with Crippen LogP contribution < -0.4 is 0 Å². The van der Waals surface area contributed by atoms with Gasteiger partial charge in [-0.05, 0) is 6.92 Å². The normalized spacial score (nSPS) is 10.4. The Morgan fingerprint density at radius 3 is 3.06 bits per heavy atom. The number of thiazole rings is 1. The van der Waals surface area contributed by atoms with Crippen LogP contribution in [0.5, 0.6) is 0 Å². The molecule has 0 fully saturated rings. The smallest absolute Gasteiger partial charge is 0.378 e. The molecule has 0 saturated heterocycles. The fourth-order valence-electron chi connectivity index (χ4n) is 1.21. The monoisotopic (exact) mass is 238 g/mol. The average Bonchev–Trinajstić information content (AvgIpc) is 2.86. The van der Waals surface area contributed by atoms with E-state index in [-0.39, 0.29) is 5.82 Å². The molecular formula is C9H10N4O2S. The lowest BCUT2D eigenvalue weighted by Gasteiger charge is -1.94. The third-order valence-electron chi connectivity index (χ3n) is 1.87. The van der Waals surface area contributed by atoms with Gasteiger partial charge in [-0.2, -0.15) is 4.98 Å². The fraction of sp³-hybridized carbons (Fsp3) is 0.333. The van der Waals surface area contributed by atoms with Gasteiger partial charge in [0.25, 0.3) is 5.82 Å². The molecule has 0 amide bonds. The molecule has 0 aliphatic heterocycles. The van der Waals surface area contributed by atoms with Gasteiger partial charge in [-0.3, -0.25) is 4.98 Å². The molecule has 2 rings (SSSR count). The van der Waals surface area contributed by atoms with Crippen LogP contribution in [-0.2, 0) is 11.8 Å². The van der Waals surface area contributed by atoms with E-state index in [0.717, 1.165) is 4.88 Å². The number of aromatic nitrogens is 4. The number of nitrogens with zero attached hydrogens (tertiary/aromatic N) is 4. The largest absolute Gasteiger partial charge is 0.460 e. The van der Waals surface area contributed by atoms with Crippen molar-refractivity contribution in [1.29, 1.82) is 0 Å². The van der Waals surface area contributed by atoms with E-state index in [1.807, 2.05) is 0 Å². The maximum absolute atomic E-state index is 11.4. The molecule has 16 heavy (non-hydrogen) atoms. The second kappa shape index (κ2) is 4.40. The Morgan fingerprint density at radius 1 is 1.62 bits per heavy atom. The van der Waals surface area contributed by atoms with Crippen LogP contribution in [0.4, 0.5) is 0 Å². The van der Waals surface area contributed by atoms with Gasteiger partial charge in [-0.15, -0.1) is 16.4 Å². The van der Waals surface area contributed by atoms with E-state index in [1.165, 1.54) is 11.3 Å². The van der Waals surface area contributed by atoms with Gasteiger partial charge in [-0.25, -0.2) is 9.48 Å². The zero-order valence-corrected chi connectivity index (χ0v) is 9.69. The standard InChI is InChI=1S/C9H10N4O2S/c1-3-15-9(14)7-11-8(13(2)12-7)6-4-10-5-16-6/h4-5H,3H2,1-2H3. The lowest BCUT2D eigenvalue weighted by molar-refractivity contribution is 0.0512. The van der Waals surface area contributed by atoms with E-state index in [0.29, 0.717) is 12.4 Å². The van der Waals surface area contributed by atoms with Gasteiger partial charge >= 0.3 is 5.97 Å². The number of carbonyl (C=O) groups excluding carboxylic acids is 1. The maximum atomic E-state index is 11.4. The quantitative estimate of drug-likeness (QED) is 0.749. The van der Waals surface area contributed by atoms with E-state index in [2.05, 4.69) is 15.1 Å². The zero-order valence-electron chi connectivity index (χ0n) is 8.88. The van der Waals surface area contributed by atoms with Gasteiger partial charge in [0.15, 0.2) is 5.82 Å². The number of aryl methyl sites for hydroxylation is 1. The third kappa shape index (κ3) is 1.94. The van der Waals surface area contributed by atoms with E-state index < -0.39 is 5.97 Å². The molecule has 0 saturated carbocycles. The Bertz CT molecular complexity index is 492. The predicted octanol–water partition coefficient (Wildman–Crippen LogP) is 1.12. The molecule has 0 aliphatic carbocycles. The van der Waals surface area contributed by atoms with Crippen molar-refractivity contribution in [2.75, 3.05) is 6.61 Å². The number of hydrogen-bond acceptors (Lipinski definition) is 6. The van der Waals surface area contributed by atoms with E-state index >= 15 is 0 Å². The van der Waals surface area contributed by atoms with E-state index in [9.17, 15) is 4.79 Å². The number of esters is 1. The molecule has 0 aliphatic rings. The molecule has 7 heteroatoms. The minimum Gasteiger partial charge on any atom is -0.460 e. The molecule has 0 N–H and O–H groups in total. The summed E-state index contributed by atoms with van der Waals surface area (Å²) < 4.78 is 6.37. The van der Waals surface area contributed by atoms with Crippen LogP contribution in [0.15, 0.2) is 11.7 Å². The number of rotatable bonds is 3. The molecule has 0 radical (unpaired) electrons. The fourth-order valence-corrected chi connectivity index (χ4v) is 1.85. The second-order valence-corrected chi connectivity index (χ2v) is 3.86. The van der Waals surface area contributed by atoms with Gasteiger partial charge < -0.3 is 4.74 Å². The Labute approximate surface area is 95.9 Å². The highest BCUT2D eigenvalue weighted by molar-refractivity contribution is 7.13. The summed E-state index contributed by atoms with van der Waals surface area (Å²) in [5, 5.41) is 4.00. The van der Waals surface area contributed by atoms with Crippen LogP contribution in [-0.4, -0.2) is 32.3 Å². The number of hydrogen-bond donors (Lipinski definition) is 0. The first-order valence-electron chi connectivity index (χ1n) is 4.69. The SMILES string of the molecule is CCOC(=O)c1nc(-c2cncs2)n(C)n1. The van der Waals surface area contributed by atoms with Gasteiger partial charge in [0.05, 0.1) is 17.0 Å². The van der Waals surface area contributed by atoms with Crippen LogP contribution >= 0.6 is 11.3 Å². The van der Waals surface area contributed by atoms with Crippen LogP contribution in [0.1, 0.15) is 17.5 Å². The summed E-state index contributed by atoms with van der Waals surface area (Å²) in [6.45, 7) is 2.05. The topological polar surface area (TPSA) is 69.9 Å². The Morgan fingerprint density at radius 2 is 2.44 bits per heavy atom. The lowest BCUT2D eigenvalue weighted by Crippen LogP contribution is -2.07. The molecule has 0 atom stereocenters. The molecule has 0 unspecified atom stereocenters. The number of carbonyl (C=O) groups is 1. The predicted molar refractivity (Wildman–Crippen MR) is 58.1 cm³/mol. The third-order valence-corrected chi connectivity index (χ3v) is 2.64. The van der Waals surface area contributed by atoms with Gasteiger partial charge in [0.2, 0.25) is 0 Å². The first kappa shape index (κ1) is 10.7. The van der Waals surface area contributed by atoms with Crippen molar-refractivity contribution in [3.05, 3.63) is 17.5 Å². The van der Waals surface area contributed by atoms with Crippen LogP contribution in [0.3, 0.4) is 0 Å². The highest BCUT2D eigenvalue weighted by Gasteiger charge is 2.17. The summed E-state index contributed by atoms with van der Waals surface area (Å²) in [6, 6.07) is 0. The zero-order chi connectivity index (χ0) is 11.5. The molecule has 2 aromatic rings. The van der Waals surface area contributed by atoms with Crippen molar-refractivity contribution in [1.82, 2.24) is 19.7 Å².